The highest BCUT2D eigenvalue weighted by Crippen LogP contribution is 2.19. The van der Waals surface area contributed by atoms with E-state index in [0.29, 0.717) is 0 Å². The van der Waals surface area contributed by atoms with Crippen LogP contribution in [-0.2, 0) is 0 Å². The number of rotatable bonds is 2. The number of halogens is 1. The fourth-order valence-corrected chi connectivity index (χ4v) is 0.439. The first-order chi connectivity index (χ1) is 3.98. The van der Waals surface area contributed by atoms with Crippen molar-refractivity contribution in [1.29, 1.82) is 0 Å². The number of alkyl halides is 1. The quantitative estimate of drug-likeness (QED) is 0.346. The van der Waals surface area contributed by atoms with Crippen LogP contribution in [0, 0.1) is 0 Å². The average molecular weight is 164 g/mol. The molecule has 1 unspecified atom stereocenters. The summed E-state index contributed by atoms with van der Waals surface area (Å²) in [6, 6.07) is 0.0386. The van der Waals surface area contributed by atoms with Crippen LogP contribution < -0.4 is 0 Å². The first-order valence-corrected chi connectivity index (χ1v) is 3.53. The Balaban J connectivity index is 4.03. The molecule has 0 bridgehead atoms. The van der Waals surface area contributed by atoms with Gasteiger partial charge in [-0.25, -0.2) is 4.99 Å². The molecule has 0 saturated carbocycles. The van der Waals surface area contributed by atoms with Crippen LogP contribution >= 0.6 is 23.8 Å². The van der Waals surface area contributed by atoms with Crippen LogP contribution in [-0.4, -0.2) is 16.1 Å². The Bertz CT molecular complexity index is 132. The molecule has 0 aliphatic heterocycles. The molecule has 9 heavy (non-hydrogen) atoms. The predicted molar refractivity (Wildman–Crippen MR) is 44.4 cm³/mol. The fraction of sp³-hybridized carbons (Fsp3) is 0.833. The number of hydrogen-bond acceptors (Lipinski definition) is 2. The fourth-order valence-electron chi connectivity index (χ4n) is 0.233. The minimum absolute atomic E-state index is 0.0386. The third-order valence-corrected chi connectivity index (χ3v) is 1.66. The largest absolute Gasteiger partial charge is 0.228 e. The van der Waals surface area contributed by atoms with E-state index < -0.39 is 0 Å². The normalized spacial score (nSPS) is 14.2. The van der Waals surface area contributed by atoms with Crippen LogP contribution in [0.1, 0.15) is 20.8 Å². The number of aliphatic imine (C=N–C) groups is 1. The van der Waals surface area contributed by atoms with Gasteiger partial charge in [-0.05, 0) is 33.0 Å². The van der Waals surface area contributed by atoms with Gasteiger partial charge in [0.15, 0.2) is 0 Å². The van der Waals surface area contributed by atoms with Gasteiger partial charge in [-0.1, -0.05) is 0 Å². The molecular weight excluding hydrogens is 154 g/mol. The van der Waals surface area contributed by atoms with Crippen LogP contribution in [0.25, 0.3) is 0 Å². The van der Waals surface area contributed by atoms with E-state index in [1.165, 1.54) is 0 Å². The van der Waals surface area contributed by atoms with Crippen molar-refractivity contribution in [3.8, 4) is 0 Å². The third-order valence-electron chi connectivity index (χ3n) is 1.24. The summed E-state index contributed by atoms with van der Waals surface area (Å²) in [6.07, 6.45) is 0. The van der Waals surface area contributed by atoms with Crippen molar-refractivity contribution in [1.82, 2.24) is 0 Å². The van der Waals surface area contributed by atoms with Gasteiger partial charge in [-0.15, -0.1) is 11.6 Å². The zero-order valence-corrected chi connectivity index (χ0v) is 7.38. The van der Waals surface area contributed by atoms with Gasteiger partial charge in [0, 0.05) is 0 Å². The first kappa shape index (κ1) is 9.09. The molecule has 0 rings (SSSR count). The van der Waals surface area contributed by atoms with Gasteiger partial charge in [0.1, 0.15) is 0 Å². The minimum atomic E-state index is -0.314. The van der Waals surface area contributed by atoms with E-state index in [1.54, 1.807) is 0 Å². The number of nitrogens with zero attached hydrogens (tertiary/aromatic N) is 1. The van der Waals surface area contributed by atoms with Crippen molar-refractivity contribution in [3.63, 3.8) is 0 Å². The summed E-state index contributed by atoms with van der Waals surface area (Å²) in [5.74, 6) is 0. The topological polar surface area (TPSA) is 12.4 Å². The van der Waals surface area contributed by atoms with Crippen LogP contribution in [0.15, 0.2) is 4.99 Å². The number of isothiocyanates is 1. The molecule has 0 aliphatic rings. The molecule has 0 aromatic heterocycles. The summed E-state index contributed by atoms with van der Waals surface area (Å²) in [4.78, 5) is 3.52. The van der Waals surface area contributed by atoms with Crippen molar-refractivity contribution in [2.75, 3.05) is 0 Å². The Morgan fingerprint density at radius 1 is 1.67 bits per heavy atom. The molecule has 52 valence electrons. The summed E-state index contributed by atoms with van der Waals surface area (Å²) in [5.41, 5.74) is 0. The van der Waals surface area contributed by atoms with Gasteiger partial charge in [0.05, 0.1) is 16.1 Å². The summed E-state index contributed by atoms with van der Waals surface area (Å²) < 4.78 is 0. The maximum Gasteiger partial charge on any atom is 0.0760 e. The Morgan fingerprint density at radius 3 is 2.22 bits per heavy atom. The molecular formula is C6H10ClNS. The van der Waals surface area contributed by atoms with Crippen molar-refractivity contribution < 1.29 is 0 Å². The second-order valence-electron chi connectivity index (χ2n) is 2.46. The summed E-state index contributed by atoms with van der Waals surface area (Å²) in [7, 11) is 0. The molecule has 3 heteroatoms. The molecule has 0 heterocycles. The van der Waals surface area contributed by atoms with Crippen molar-refractivity contribution in [3.05, 3.63) is 0 Å². The van der Waals surface area contributed by atoms with Crippen LogP contribution in [0.2, 0.25) is 0 Å². The van der Waals surface area contributed by atoms with E-state index in [0.717, 1.165) is 0 Å². The Morgan fingerprint density at radius 2 is 2.11 bits per heavy atom. The zero-order valence-electron chi connectivity index (χ0n) is 5.81. The van der Waals surface area contributed by atoms with Crippen molar-refractivity contribution in [2.45, 2.75) is 31.7 Å². The lowest BCUT2D eigenvalue weighted by molar-refractivity contribution is 0.572. The SMILES string of the molecule is CC(N=C=S)C(C)(C)Cl. The zero-order chi connectivity index (χ0) is 7.49. The third kappa shape index (κ3) is 3.63. The molecule has 0 spiro atoms. The van der Waals surface area contributed by atoms with Crippen LogP contribution in [0.4, 0.5) is 0 Å². The average Bonchev–Trinajstić information content (AvgIpc) is 1.64. The maximum atomic E-state index is 5.88. The van der Waals surface area contributed by atoms with E-state index in [2.05, 4.69) is 22.4 Å². The molecule has 0 radical (unpaired) electrons. The van der Waals surface area contributed by atoms with E-state index in [4.69, 9.17) is 11.6 Å². The molecule has 0 fully saturated rings. The molecule has 1 nitrogen and oxygen atoms in total. The molecule has 0 aromatic carbocycles. The molecule has 0 amide bonds. The maximum absolute atomic E-state index is 5.88. The lowest BCUT2D eigenvalue weighted by Gasteiger charge is -2.18. The summed E-state index contributed by atoms with van der Waals surface area (Å²) in [6.45, 7) is 5.71. The molecule has 0 aromatic rings. The standard InChI is InChI=1S/C6H10ClNS/c1-5(8-4-9)6(2,3)7/h5H,1-3H3. The number of hydrogen-bond donors (Lipinski definition) is 0. The van der Waals surface area contributed by atoms with Crippen LogP contribution in [0.5, 0.6) is 0 Å². The highest BCUT2D eigenvalue weighted by atomic mass is 35.5. The highest BCUT2D eigenvalue weighted by molar-refractivity contribution is 7.78. The van der Waals surface area contributed by atoms with Gasteiger partial charge in [-0.3, -0.25) is 0 Å². The van der Waals surface area contributed by atoms with E-state index in [1.807, 2.05) is 20.8 Å². The van der Waals surface area contributed by atoms with E-state index in [9.17, 15) is 0 Å². The Kier molecular flexibility index (Phi) is 3.34. The van der Waals surface area contributed by atoms with Gasteiger partial charge in [0.2, 0.25) is 0 Å². The first-order valence-electron chi connectivity index (χ1n) is 2.74. The smallest absolute Gasteiger partial charge is 0.0760 e. The lowest BCUT2D eigenvalue weighted by Crippen LogP contribution is -2.24. The Labute approximate surface area is 66.1 Å². The summed E-state index contributed by atoms with van der Waals surface area (Å²) >= 11 is 10.3. The molecule has 0 aliphatic carbocycles. The van der Waals surface area contributed by atoms with Gasteiger partial charge in [0.25, 0.3) is 0 Å². The highest BCUT2D eigenvalue weighted by Gasteiger charge is 2.21. The Hall–Kier alpha value is 0.0900. The molecule has 0 N–H and O–H groups in total. The van der Waals surface area contributed by atoms with Gasteiger partial charge in [-0.2, -0.15) is 0 Å². The second kappa shape index (κ2) is 3.31. The molecule has 0 saturated heterocycles. The van der Waals surface area contributed by atoms with Gasteiger partial charge < -0.3 is 0 Å². The molecule has 1 atom stereocenters. The van der Waals surface area contributed by atoms with E-state index >= 15 is 0 Å². The minimum Gasteiger partial charge on any atom is -0.228 e. The monoisotopic (exact) mass is 163 g/mol. The second-order valence-corrected chi connectivity index (χ2v) is 3.62. The van der Waals surface area contributed by atoms with E-state index in [-0.39, 0.29) is 10.9 Å². The summed E-state index contributed by atoms with van der Waals surface area (Å²) in [5, 5.41) is 2.30. The lowest BCUT2D eigenvalue weighted by atomic mass is 10.1. The van der Waals surface area contributed by atoms with Gasteiger partial charge >= 0.3 is 0 Å². The van der Waals surface area contributed by atoms with Crippen molar-refractivity contribution in [2.24, 2.45) is 4.99 Å². The van der Waals surface area contributed by atoms with Crippen molar-refractivity contribution >= 4 is 29.0 Å². The number of thiocarbonyl (C=S) groups is 1. The predicted octanol–water partition coefficient (Wildman–Crippen LogP) is 2.50. The van der Waals surface area contributed by atoms with Crippen LogP contribution in [0.3, 0.4) is 0 Å².